The molecule has 112 valence electrons. The predicted octanol–water partition coefficient (Wildman–Crippen LogP) is 3.33. The fraction of sp³-hybridized carbons (Fsp3) is 0.562. The fourth-order valence-corrected chi connectivity index (χ4v) is 3.15. The number of nitrogens with zero attached hydrogens (tertiary/aromatic N) is 3. The van der Waals surface area contributed by atoms with E-state index in [4.69, 9.17) is 10.3 Å². The van der Waals surface area contributed by atoms with E-state index >= 15 is 0 Å². The second-order valence-electron chi connectivity index (χ2n) is 6.02. The summed E-state index contributed by atoms with van der Waals surface area (Å²) in [6.45, 7) is 3.93. The van der Waals surface area contributed by atoms with Gasteiger partial charge in [0.15, 0.2) is 0 Å². The van der Waals surface area contributed by atoms with Crippen molar-refractivity contribution in [2.24, 2.45) is 11.7 Å². The van der Waals surface area contributed by atoms with Crippen LogP contribution >= 0.6 is 0 Å². The van der Waals surface area contributed by atoms with Gasteiger partial charge < -0.3 is 10.3 Å². The highest BCUT2D eigenvalue weighted by Crippen LogP contribution is 2.32. The van der Waals surface area contributed by atoms with Gasteiger partial charge in [0.1, 0.15) is 0 Å². The van der Waals surface area contributed by atoms with Crippen LogP contribution in [-0.2, 0) is 0 Å². The first kappa shape index (κ1) is 14.2. The molecular weight excluding hydrogens is 264 g/mol. The number of pyridine rings is 1. The average Bonchev–Trinajstić information content (AvgIpc) is 2.96. The Labute approximate surface area is 125 Å². The van der Waals surface area contributed by atoms with Crippen molar-refractivity contribution < 1.29 is 4.52 Å². The van der Waals surface area contributed by atoms with Gasteiger partial charge in [0, 0.05) is 17.0 Å². The molecule has 1 aliphatic rings. The lowest BCUT2D eigenvalue weighted by Crippen LogP contribution is -2.23. The summed E-state index contributed by atoms with van der Waals surface area (Å²) in [5.41, 5.74) is 9.15. The zero-order valence-corrected chi connectivity index (χ0v) is 12.7. The van der Waals surface area contributed by atoms with Gasteiger partial charge in [-0.05, 0) is 44.7 Å². The summed E-state index contributed by atoms with van der Waals surface area (Å²) >= 11 is 0. The molecule has 1 fully saturated rings. The largest absolute Gasteiger partial charge is 0.337 e. The van der Waals surface area contributed by atoms with Crippen LogP contribution in [0.15, 0.2) is 16.7 Å². The zero-order chi connectivity index (χ0) is 14.8. The van der Waals surface area contributed by atoms with Gasteiger partial charge >= 0.3 is 0 Å². The van der Waals surface area contributed by atoms with E-state index in [-0.39, 0.29) is 6.04 Å². The molecule has 0 saturated heterocycles. The maximum atomic E-state index is 6.31. The first-order valence-electron chi connectivity index (χ1n) is 7.68. The average molecular weight is 286 g/mol. The second-order valence-corrected chi connectivity index (χ2v) is 6.02. The Morgan fingerprint density at radius 2 is 1.76 bits per heavy atom. The van der Waals surface area contributed by atoms with Crippen molar-refractivity contribution in [3.8, 4) is 11.4 Å². The first-order valence-corrected chi connectivity index (χ1v) is 7.68. The standard InChI is InChI=1S/C16H22N4O/c1-10-8-13(9-11(2)18-10)15-19-16(21-20-15)14(17)12-6-4-3-5-7-12/h8-9,12,14H,3-7,17H2,1-2H3. The molecule has 21 heavy (non-hydrogen) atoms. The molecule has 3 rings (SSSR count). The van der Waals surface area contributed by atoms with Crippen LogP contribution in [0, 0.1) is 19.8 Å². The molecule has 0 spiro atoms. The molecule has 1 saturated carbocycles. The second kappa shape index (κ2) is 5.93. The molecule has 0 bridgehead atoms. The van der Waals surface area contributed by atoms with E-state index in [0.29, 0.717) is 17.6 Å². The molecule has 5 heteroatoms. The minimum atomic E-state index is -0.143. The topological polar surface area (TPSA) is 77.8 Å². The zero-order valence-electron chi connectivity index (χ0n) is 12.7. The highest BCUT2D eigenvalue weighted by molar-refractivity contribution is 5.55. The molecule has 2 heterocycles. The third-order valence-corrected chi connectivity index (χ3v) is 4.22. The monoisotopic (exact) mass is 286 g/mol. The summed E-state index contributed by atoms with van der Waals surface area (Å²) in [5, 5.41) is 4.09. The summed E-state index contributed by atoms with van der Waals surface area (Å²) in [6.07, 6.45) is 6.14. The van der Waals surface area contributed by atoms with Gasteiger partial charge in [0.2, 0.25) is 11.7 Å². The van der Waals surface area contributed by atoms with Crippen LogP contribution in [0.25, 0.3) is 11.4 Å². The fourth-order valence-electron chi connectivity index (χ4n) is 3.15. The van der Waals surface area contributed by atoms with E-state index in [1.54, 1.807) is 0 Å². The van der Waals surface area contributed by atoms with Gasteiger partial charge in [-0.15, -0.1) is 0 Å². The molecule has 0 amide bonds. The SMILES string of the molecule is Cc1cc(-c2noc(C(N)C3CCCCC3)n2)cc(C)n1. The molecular formula is C16H22N4O. The van der Waals surface area contributed by atoms with Gasteiger partial charge in [0.05, 0.1) is 6.04 Å². The van der Waals surface area contributed by atoms with Crippen molar-refractivity contribution in [2.75, 3.05) is 0 Å². The van der Waals surface area contributed by atoms with Gasteiger partial charge in [-0.25, -0.2) is 0 Å². The number of rotatable bonds is 3. The highest BCUT2D eigenvalue weighted by atomic mass is 16.5. The van der Waals surface area contributed by atoms with Crippen LogP contribution in [0.2, 0.25) is 0 Å². The van der Waals surface area contributed by atoms with Gasteiger partial charge in [0.25, 0.3) is 0 Å². The quantitative estimate of drug-likeness (QED) is 0.936. The minimum absolute atomic E-state index is 0.143. The molecule has 2 aromatic heterocycles. The van der Waals surface area contributed by atoms with Crippen molar-refractivity contribution in [1.82, 2.24) is 15.1 Å². The first-order chi connectivity index (χ1) is 10.1. The van der Waals surface area contributed by atoms with Crippen LogP contribution in [0.3, 0.4) is 0 Å². The molecule has 2 N–H and O–H groups in total. The maximum Gasteiger partial charge on any atom is 0.244 e. The number of hydrogen-bond acceptors (Lipinski definition) is 5. The molecule has 1 atom stereocenters. The van der Waals surface area contributed by atoms with Crippen LogP contribution in [-0.4, -0.2) is 15.1 Å². The summed E-state index contributed by atoms with van der Waals surface area (Å²) in [4.78, 5) is 8.87. The van der Waals surface area contributed by atoms with Crippen LogP contribution in [0.4, 0.5) is 0 Å². The van der Waals surface area contributed by atoms with E-state index in [9.17, 15) is 0 Å². The molecule has 0 aromatic carbocycles. The Bertz CT molecular complexity index is 596. The lowest BCUT2D eigenvalue weighted by atomic mass is 9.84. The van der Waals surface area contributed by atoms with Crippen molar-refractivity contribution in [3.05, 3.63) is 29.4 Å². The summed E-state index contributed by atoms with van der Waals surface area (Å²) < 4.78 is 5.41. The molecule has 5 nitrogen and oxygen atoms in total. The Hall–Kier alpha value is -1.75. The van der Waals surface area contributed by atoms with Gasteiger partial charge in [-0.1, -0.05) is 24.4 Å². The van der Waals surface area contributed by atoms with Crippen molar-refractivity contribution >= 4 is 0 Å². The number of hydrogen-bond donors (Lipinski definition) is 1. The minimum Gasteiger partial charge on any atom is -0.337 e. The summed E-state index contributed by atoms with van der Waals surface area (Å²) in [6, 6.07) is 3.79. The van der Waals surface area contributed by atoms with E-state index in [1.807, 2.05) is 26.0 Å². The Morgan fingerprint density at radius 1 is 1.10 bits per heavy atom. The Balaban J connectivity index is 1.82. The summed E-state index contributed by atoms with van der Waals surface area (Å²) in [5.74, 6) is 1.63. The third kappa shape index (κ3) is 3.13. The normalized spacial score (nSPS) is 17.9. The smallest absolute Gasteiger partial charge is 0.244 e. The molecule has 0 radical (unpaired) electrons. The molecule has 1 unspecified atom stereocenters. The molecule has 1 aliphatic carbocycles. The molecule has 0 aliphatic heterocycles. The highest BCUT2D eigenvalue weighted by Gasteiger charge is 2.26. The number of aryl methyl sites for hydroxylation is 2. The van der Waals surface area contributed by atoms with Crippen LogP contribution in [0.1, 0.15) is 55.4 Å². The van der Waals surface area contributed by atoms with E-state index in [1.165, 1.54) is 19.3 Å². The van der Waals surface area contributed by atoms with Crippen molar-refractivity contribution in [3.63, 3.8) is 0 Å². The third-order valence-electron chi connectivity index (χ3n) is 4.22. The van der Waals surface area contributed by atoms with Crippen LogP contribution in [0.5, 0.6) is 0 Å². The van der Waals surface area contributed by atoms with Crippen LogP contribution < -0.4 is 5.73 Å². The number of nitrogens with two attached hydrogens (primary N) is 1. The Kier molecular flexibility index (Phi) is 4.01. The van der Waals surface area contributed by atoms with Gasteiger partial charge in [-0.2, -0.15) is 4.98 Å². The lowest BCUT2D eigenvalue weighted by Gasteiger charge is -2.24. The number of aromatic nitrogens is 3. The molecule has 2 aromatic rings. The van der Waals surface area contributed by atoms with Crippen molar-refractivity contribution in [1.29, 1.82) is 0 Å². The summed E-state index contributed by atoms with van der Waals surface area (Å²) in [7, 11) is 0. The maximum absolute atomic E-state index is 6.31. The lowest BCUT2D eigenvalue weighted by molar-refractivity contribution is 0.255. The Morgan fingerprint density at radius 3 is 2.43 bits per heavy atom. The van der Waals surface area contributed by atoms with E-state index in [2.05, 4.69) is 15.1 Å². The predicted molar refractivity (Wildman–Crippen MR) is 80.5 cm³/mol. The van der Waals surface area contributed by atoms with Crippen molar-refractivity contribution in [2.45, 2.75) is 52.0 Å². The van der Waals surface area contributed by atoms with E-state index in [0.717, 1.165) is 29.8 Å². The van der Waals surface area contributed by atoms with E-state index < -0.39 is 0 Å². The van der Waals surface area contributed by atoms with Gasteiger partial charge in [-0.3, -0.25) is 4.98 Å².